The molecule has 5 nitrogen and oxygen atoms in total. The molecule has 0 radical (unpaired) electrons. The van der Waals surface area contributed by atoms with Crippen LogP contribution in [0.3, 0.4) is 0 Å². The first-order valence-corrected chi connectivity index (χ1v) is 7.86. The van der Waals surface area contributed by atoms with E-state index in [0.717, 1.165) is 27.9 Å². The Kier molecular flexibility index (Phi) is 3.54. The van der Waals surface area contributed by atoms with E-state index in [2.05, 4.69) is 15.1 Å². The monoisotopic (exact) mass is 316 g/mol. The number of aromatic nitrogens is 2. The fourth-order valence-electron chi connectivity index (χ4n) is 3.05. The van der Waals surface area contributed by atoms with E-state index in [-0.39, 0.29) is 11.9 Å². The van der Waals surface area contributed by atoms with Gasteiger partial charge in [-0.1, -0.05) is 36.4 Å². The lowest BCUT2D eigenvalue weighted by molar-refractivity contribution is -0.130. The molecule has 1 aliphatic heterocycles. The van der Waals surface area contributed by atoms with Gasteiger partial charge in [0.05, 0.1) is 22.8 Å². The normalized spacial score (nSPS) is 17.1. The van der Waals surface area contributed by atoms with Gasteiger partial charge in [0.25, 0.3) is 0 Å². The van der Waals surface area contributed by atoms with Gasteiger partial charge in [0.1, 0.15) is 0 Å². The van der Waals surface area contributed by atoms with Crippen molar-refractivity contribution in [3.05, 3.63) is 72.1 Å². The van der Waals surface area contributed by atoms with Crippen LogP contribution >= 0.6 is 0 Å². The summed E-state index contributed by atoms with van der Waals surface area (Å²) in [6, 6.07) is 15.8. The van der Waals surface area contributed by atoms with Crippen molar-refractivity contribution in [3.8, 4) is 0 Å². The standard InChI is InChI=1S/C19H16N4O/c1-13(24)23-19(12-17(22-23)14-5-3-2-4-6-14)15-7-8-16-18(11-15)21-10-9-20-16/h2-11,19H,12H2,1H3/t19-/m0/s1. The van der Waals surface area contributed by atoms with E-state index in [1.54, 1.807) is 24.3 Å². The van der Waals surface area contributed by atoms with Gasteiger partial charge in [0.2, 0.25) is 5.91 Å². The molecule has 118 valence electrons. The minimum Gasteiger partial charge on any atom is -0.273 e. The van der Waals surface area contributed by atoms with Gasteiger partial charge in [0.15, 0.2) is 0 Å². The van der Waals surface area contributed by atoms with Crippen molar-refractivity contribution in [2.75, 3.05) is 0 Å². The van der Waals surface area contributed by atoms with Crippen molar-refractivity contribution in [1.82, 2.24) is 15.0 Å². The number of benzene rings is 2. The molecule has 0 spiro atoms. The smallest absolute Gasteiger partial charge is 0.240 e. The van der Waals surface area contributed by atoms with Crippen LogP contribution in [-0.4, -0.2) is 26.6 Å². The lowest BCUT2D eigenvalue weighted by Crippen LogP contribution is -2.24. The maximum Gasteiger partial charge on any atom is 0.240 e. The van der Waals surface area contributed by atoms with E-state index >= 15 is 0 Å². The van der Waals surface area contributed by atoms with Gasteiger partial charge in [-0.2, -0.15) is 5.10 Å². The molecule has 1 aromatic heterocycles. The first-order chi connectivity index (χ1) is 11.7. The quantitative estimate of drug-likeness (QED) is 0.728. The van der Waals surface area contributed by atoms with Crippen LogP contribution in [0.1, 0.15) is 30.5 Å². The third-order valence-electron chi connectivity index (χ3n) is 4.22. The first-order valence-electron chi connectivity index (χ1n) is 7.86. The highest BCUT2D eigenvalue weighted by Gasteiger charge is 2.31. The van der Waals surface area contributed by atoms with Crippen LogP contribution < -0.4 is 0 Å². The molecule has 1 amide bonds. The van der Waals surface area contributed by atoms with Gasteiger partial charge in [-0.25, -0.2) is 5.01 Å². The second-order valence-electron chi connectivity index (χ2n) is 5.80. The molecule has 1 aliphatic rings. The summed E-state index contributed by atoms with van der Waals surface area (Å²) in [4.78, 5) is 20.7. The molecular weight excluding hydrogens is 300 g/mol. The molecular formula is C19H16N4O. The number of hydrazone groups is 1. The van der Waals surface area contributed by atoms with Crippen molar-refractivity contribution in [2.24, 2.45) is 5.10 Å². The van der Waals surface area contributed by atoms with Gasteiger partial charge in [-0.15, -0.1) is 0 Å². The molecule has 0 fully saturated rings. The van der Waals surface area contributed by atoms with Crippen LogP contribution in [0.15, 0.2) is 66.0 Å². The Balaban J connectivity index is 1.72. The average Bonchev–Trinajstić information content (AvgIpc) is 3.08. The summed E-state index contributed by atoms with van der Waals surface area (Å²) in [7, 11) is 0. The Bertz CT molecular complexity index is 936. The van der Waals surface area contributed by atoms with Gasteiger partial charge in [-0.05, 0) is 23.3 Å². The van der Waals surface area contributed by atoms with Crippen LogP contribution in [-0.2, 0) is 4.79 Å². The molecule has 5 heteroatoms. The summed E-state index contributed by atoms with van der Waals surface area (Å²) in [5.74, 6) is -0.0647. The molecule has 0 aliphatic carbocycles. The van der Waals surface area contributed by atoms with Gasteiger partial charge < -0.3 is 0 Å². The lowest BCUT2D eigenvalue weighted by atomic mass is 9.98. The summed E-state index contributed by atoms with van der Waals surface area (Å²) >= 11 is 0. The van der Waals surface area contributed by atoms with E-state index in [1.165, 1.54) is 0 Å². The van der Waals surface area contributed by atoms with Gasteiger partial charge in [-0.3, -0.25) is 14.8 Å². The summed E-state index contributed by atoms with van der Waals surface area (Å²) in [6.07, 6.45) is 4.04. The van der Waals surface area contributed by atoms with Crippen molar-refractivity contribution in [2.45, 2.75) is 19.4 Å². The topological polar surface area (TPSA) is 58.5 Å². The van der Waals surface area contributed by atoms with Crippen LogP contribution in [0.2, 0.25) is 0 Å². The van der Waals surface area contributed by atoms with Crippen LogP contribution in [0, 0.1) is 0 Å². The number of fused-ring (bicyclic) bond motifs is 1. The Morgan fingerprint density at radius 2 is 1.79 bits per heavy atom. The predicted molar refractivity (Wildman–Crippen MR) is 92.4 cm³/mol. The molecule has 4 rings (SSSR count). The summed E-state index contributed by atoms with van der Waals surface area (Å²) in [5.41, 5.74) is 4.67. The molecule has 3 aromatic rings. The number of rotatable bonds is 2. The minimum absolute atomic E-state index is 0.0647. The molecule has 0 bridgehead atoms. The van der Waals surface area contributed by atoms with E-state index in [4.69, 9.17) is 0 Å². The maximum absolute atomic E-state index is 12.1. The molecule has 0 saturated carbocycles. The molecule has 24 heavy (non-hydrogen) atoms. The fraction of sp³-hybridized carbons (Fsp3) is 0.158. The van der Waals surface area contributed by atoms with E-state index < -0.39 is 0 Å². The minimum atomic E-state index is -0.107. The number of nitrogens with zero attached hydrogens (tertiary/aromatic N) is 4. The second kappa shape index (κ2) is 5.85. The number of carbonyl (C=O) groups excluding carboxylic acids is 1. The zero-order valence-corrected chi connectivity index (χ0v) is 13.3. The molecule has 1 atom stereocenters. The number of hydrogen-bond donors (Lipinski definition) is 0. The zero-order valence-electron chi connectivity index (χ0n) is 13.3. The Morgan fingerprint density at radius 3 is 2.54 bits per heavy atom. The van der Waals surface area contributed by atoms with Crippen molar-refractivity contribution < 1.29 is 4.79 Å². The maximum atomic E-state index is 12.1. The van der Waals surface area contributed by atoms with Crippen molar-refractivity contribution in [3.63, 3.8) is 0 Å². The van der Waals surface area contributed by atoms with E-state index in [0.29, 0.717) is 6.42 Å². The fourth-order valence-corrected chi connectivity index (χ4v) is 3.05. The molecule has 2 aromatic carbocycles. The summed E-state index contributed by atoms with van der Waals surface area (Å²) < 4.78 is 0. The molecule has 0 N–H and O–H groups in total. The Labute approximate surface area is 139 Å². The van der Waals surface area contributed by atoms with Gasteiger partial charge in [0, 0.05) is 25.7 Å². The number of hydrogen-bond acceptors (Lipinski definition) is 4. The van der Waals surface area contributed by atoms with Crippen LogP contribution in [0.25, 0.3) is 11.0 Å². The molecule has 0 unspecified atom stereocenters. The highest BCUT2D eigenvalue weighted by molar-refractivity contribution is 6.03. The van der Waals surface area contributed by atoms with Crippen molar-refractivity contribution >= 4 is 22.7 Å². The molecule has 2 heterocycles. The second-order valence-corrected chi connectivity index (χ2v) is 5.80. The summed E-state index contributed by atoms with van der Waals surface area (Å²) in [5, 5.41) is 6.13. The number of carbonyl (C=O) groups is 1. The lowest BCUT2D eigenvalue weighted by Gasteiger charge is -2.20. The SMILES string of the molecule is CC(=O)N1N=C(c2ccccc2)C[C@H]1c1ccc2nccnc2c1. The average molecular weight is 316 g/mol. The Hall–Kier alpha value is -3.08. The van der Waals surface area contributed by atoms with Crippen molar-refractivity contribution in [1.29, 1.82) is 0 Å². The largest absolute Gasteiger partial charge is 0.273 e. The van der Waals surface area contributed by atoms with E-state index in [9.17, 15) is 4.79 Å². The summed E-state index contributed by atoms with van der Waals surface area (Å²) in [6.45, 7) is 1.55. The highest BCUT2D eigenvalue weighted by Crippen LogP contribution is 2.33. The molecule has 0 saturated heterocycles. The van der Waals surface area contributed by atoms with E-state index in [1.807, 2.05) is 48.5 Å². The predicted octanol–water partition coefficient (Wildman–Crippen LogP) is 3.33. The third-order valence-corrected chi connectivity index (χ3v) is 4.22. The van der Waals surface area contributed by atoms with Crippen LogP contribution in [0.5, 0.6) is 0 Å². The highest BCUT2D eigenvalue weighted by atomic mass is 16.2. The Morgan fingerprint density at radius 1 is 1.04 bits per heavy atom. The number of amides is 1. The zero-order chi connectivity index (χ0) is 16.5. The van der Waals surface area contributed by atoms with Crippen LogP contribution in [0.4, 0.5) is 0 Å². The first kappa shape index (κ1) is 14.5. The third kappa shape index (κ3) is 2.54. The van der Waals surface area contributed by atoms with Gasteiger partial charge >= 0.3 is 0 Å².